The zero-order valence-electron chi connectivity index (χ0n) is 6.55. The van der Waals surface area contributed by atoms with Crippen LogP contribution in [0.15, 0.2) is 12.3 Å². The van der Waals surface area contributed by atoms with Crippen molar-refractivity contribution < 1.29 is 0 Å². The molecule has 4 nitrogen and oxygen atoms in total. The summed E-state index contributed by atoms with van der Waals surface area (Å²) < 4.78 is 0. The van der Waals surface area contributed by atoms with Crippen molar-refractivity contribution in [2.24, 2.45) is 0 Å². The van der Waals surface area contributed by atoms with Gasteiger partial charge in [0.25, 0.3) is 0 Å². The molecule has 0 atom stereocenters. The minimum atomic E-state index is 0.448. The van der Waals surface area contributed by atoms with Gasteiger partial charge in [0.1, 0.15) is 0 Å². The first kappa shape index (κ1) is 7.65. The highest BCUT2D eigenvalue weighted by Gasteiger charge is 1.97. The van der Waals surface area contributed by atoms with Crippen molar-refractivity contribution >= 4 is 11.7 Å². The Kier molecular flexibility index (Phi) is 2.15. The van der Waals surface area contributed by atoms with E-state index in [4.69, 9.17) is 5.41 Å². The Bertz CT molecular complexity index is 269. The summed E-state index contributed by atoms with van der Waals surface area (Å²) in [6.07, 6.45) is 1.63. The SMILES string of the molecule is CNc1nccc(C(C)=N)n1. The third-order valence-corrected chi connectivity index (χ3v) is 1.26. The number of aromatic nitrogens is 2. The minimum absolute atomic E-state index is 0.448. The van der Waals surface area contributed by atoms with Gasteiger partial charge in [-0.25, -0.2) is 9.97 Å². The molecule has 0 saturated heterocycles. The van der Waals surface area contributed by atoms with Crippen LogP contribution in [-0.2, 0) is 0 Å². The highest BCUT2D eigenvalue weighted by molar-refractivity contribution is 5.94. The number of hydrogen-bond donors (Lipinski definition) is 2. The van der Waals surface area contributed by atoms with Gasteiger partial charge < -0.3 is 10.7 Å². The lowest BCUT2D eigenvalue weighted by atomic mass is 10.3. The molecule has 58 valence electrons. The number of hydrogen-bond acceptors (Lipinski definition) is 4. The predicted octanol–water partition coefficient (Wildman–Crippen LogP) is 0.906. The Balaban J connectivity index is 3.01. The fourth-order valence-corrected chi connectivity index (χ4v) is 0.688. The average Bonchev–Trinajstić information content (AvgIpc) is 2.05. The first-order chi connectivity index (χ1) is 5.24. The minimum Gasteiger partial charge on any atom is -0.357 e. The number of nitrogens with one attached hydrogen (secondary N) is 2. The molecule has 11 heavy (non-hydrogen) atoms. The van der Waals surface area contributed by atoms with Crippen LogP contribution in [0.2, 0.25) is 0 Å². The zero-order valence-corrected chi connectivity index (χ0v) is 6.55. The summed E-state index contributed by atoms with van der Waals surface area (Å²) in [5, 5.41) is 10.1. The number of nitrogens with zero attached hydrogens (tertiary/aromatic N) is 2. The second kappa shape index (κ2) is 3.09. The Hall–Kier alpha value is -1.45. The average molecular weight is 150 g/mol. The smallest absolute Gasteiger partial charge is 0.222 e. The van der Waals surface area contributed by atoms with Gasteiger partial charge in [0.2, 0.25) is 5.95 Å². The molecule has 1 aromatic heterocycles. The molecule has 0 aliphatic heterocycles. The van der Waals surface area contributed by atoms with Gasteiger partial charge in [-0.2, -0.15) is 0 Å². The molecule has 1 heterocycles. The second-order valence-electron chi connectivity index (χ2n) is 2.14. The van der Waals surface area contributed by atoms with Crippen molar-refractivity contribution in [3.8, 4) is 0 Å². The number of rotatable bonds is 2. The van der Waals surface area contributed by atoms with Crippen LogP contribution in [0.3, 0.4) is 0 Å². The zero-order chi connectivity index (χ0) is 8.27. The lowest BCUT2D eigenvalue weighted by molar-refractivity contribution is 1.13. The Morgan fingerprint density at radius 2 is 2.36 bits per heavy atom. The highest BCUT2D eigenvalue weighted by Crippen LogP contribution is 1.99. The van der Waals surface area contributed by atoms with E-state index in [1.54, 1.807) is 26.2 Å². The van der Waals surface area contributed by atoms with Crippen LogP contribution in [0.1, 0.15) is 12.6 Å². The van der Waals surface area contributed by atoms with E-state index in [0.29, 0.717) is 17.4 Å². The summed E-state index contributed by atoms with van der Waals surface area (Å²) in [4.78, 5) is 7.97. The maximum Gasteiger partial charge on any atom is 0.222 e. The third-order valence-electron chi connectivity index (χ3n) is 1.26. The second-order valence-corrected chi connectivity index (χ2v) is 2.14. The Morgan fingerprint density at radius 1 is 1.64 bits per heavy atom. The van der Waals surface area contributed by atoms with Gasteiger partial charge >= 0.3 is 0 Å². The van der Waals surface area contributed by atoms with Crippen LogP contribution in [0, 0.1) is 5.41 Å². The van der Waals surface area contributed by atoms with Crippen LogP contribution in [0.4, 0.5) is 5.95 Å². The van der Waals surface area contributed by atoms with Crippen LogP contribution >= 0.6 is 0 Å². The molecule has 1 rings (SSSR count). The van der Waals surface area contributed by atoms with E-state index < -0.39 is 0 Å². The highest BCUT2D eigenvalue weighted by atomic mass is 15.1. The fourth-order valence-electron chi connectivity index (χ4n) is 0.688. The predicted molar refractivity (Wildman–Crippen MR) is 44.1 cm³/mol. The van der Waals surface area contributed by atoms with E-state index in [0.717, 1.165) is 0 Å². The van der Waals surface area contributed by atoms with Crippen molar-refractivity contribution in [1.82, 2.24) is 9.97 Å². The quantitative estimate of drug-likeness (QED) is 0.616. The van der Waals surface area contributed by atoms with E-state index in [1.165, 1.54) is 0 Å². The van der Waals surface area contributed by atoms with Gasteiger partial charge in [0.15, 0.2) is 0 Å². The molecular formula is C7H10N4. The lowest BCUT2D eigenvalue weighted by Gasteiger charge is -1.99. The van der Waals surface area contributed by atoms with Gasteiger partial charge in [-0.3, -0.25) is 0 Å². The first-order valence-electron chi connectivity index (χ1n) is 3.30. The standard InChI is InChI=1S/C7H10N4/c1-5(8)6-3-4-10-7(9-2)11-6/h3-4,8H,1-2H3,(H,9,10,11). The summed E-state index contributed by atoms with van der Waals surface area (Å²) in [5.74, 6) is 0.550. The molecule has 0 aliphatic carbocycles. The van der Waals surface area contributed by atoms with Crippen molar-refractivity contribution in [3.05, 3.63) is 18.0 Å². The van der Waals surface area contributed by atoms with Gasteiger partial charge in [0.05, 0.1) is 11.4 Å². The molecule has 0 saturated carbocycles. The largest absolute Gasteiger partial charge is 0.357 e. The topological polar surface area (TPSA) is 61.7 Å². The molecule has 0 fully saturated rings. The summed E-state index contributed by atoms with van der Waals surface area (Å²) in [5.41, 5.74) is 1.10. The van der Waals surface area contributed by atoms with Crippen LogP contribution < -0.4 is 5.32 Å². The van der Waals surface area contributed by atoms with Gasteiger partial charge in [-0.1, -0.05) is 0 Å². The van der Waals surface area contributed by atoms with Crippen LogP contribution in [-0.4, -0.2) is 22.7 Å². The van der Waals surface area contributed by atoms with Gasteiger partial charge in [-0.05, 0) is 13.0 Å². The third kappa shape index (κ3) is 1.73. The molecule has 0 radical (unpaired) electrons. The van der Waals surface area contributed by atoms with Crippen molar-refractivity contribution in [2.75, 3.05) is 12.4 Å². The Labute approximate surface area is 65.2 Å². The molecule has 0 amide bonds. The van der Waals surface area contributed by atoms with Crippen molar-refractivity contribution in [1.29, 1.82) is 5.41 Å². The molecule has 0 spiro atoms. The normalized spacial score (nSPS) is 9.27. The molecule has 1 aromatic rings. The van der Waals surface area contributed by atoms with Crippen molar-refractivity contribution in [3.63, 3.8) is 0 Å². The molecule has 0 aromatic carbocycles. The molecule has 2 N–H and O–H groups in total. The molecule has 0 bridgehead atoms. The monoisotopic (exact) mass is 150 g/mol. The maximum absolute atomic E-state index is 7.29. The molecule has 4 heteroatoms. The Morgan fingerprint density at radius 3 is 2.91 bits per heavy atom. The van der Waals surface area contributed by atoms with Crippen LogP contribution in [0.25, 0.3) is 0 Å². The lowest BCUT2D eigenvalue weighted by Crippen LogP contribution is -2.02. The maximum atomic E-state index is 7.29. The van der Waals surface area contributed by atoms with E-state index in [9.17, 15) is 0 Å². The number of anilines is 1. The summed E-state index contributed by atoms with van der Waals surface area (Å²) in [7, 11) is 1.75. The van der Waals surface area contributed by atoms with Gasteiger partial charge in [-0.15, -0.1) is 0 Å². The van der Waals surface area contributed by atoms with Gasteiger partial charge in [0, 0.05) is 13.2 Å². The summed E-state index contributed by atoms with van der Waals surface area (Å²) in [6, 6.07) is 1.71. The van der Waals surface area contributed by atoms with E-state index in [2.05, 4.69) is 15.3 Å². The first-order valence-corrected chi connectivity index (χ1v) is 3.30. The molecular weight excluding hydrogens is 140 g/mol. The summed E-state index contributed by atoms with van der Waals surface area (Å²) >= 11 is 0. The fraction of sp³-hybridized carbons (Fsp3) is 0.286. The summed E-state index contributed by atoms with van der Waals surface area (Å²) in [6.45, 7) is 1.70. The molecule has 0 aliphatic rings. The van der Waals surface area contributed by atoms with E-state index >= 15 is 0 Å². The molecule has 0 unspecified atom stereocenters. The van der Waals surface area contributed by atoms with Crippen molar-refractivity contribution in [2.45, 2.75) is 6.92 Å². The van der Waals surface area contributed by atoms with Crippen LogP contribution in [0.5, 0.6) is 0 Å². The van der Waals surface area contributed by atoms with E-state index in [1.807, 2.05) is 0 Å². The van der Waals surface area contributed by atoms with E-state index in [-0.39, 0.29) is 0 Å².